The molecule has 5 heteroatoms. The van der Waals surface area contributed by atoms with Gasteiger partial charge in [0.25, 0.3) is 11.8 Å². The average molecular weight is 366 g/mol. The van der Waals surface area contributed by atoms with Crippen molar-refractivity contribution in [2.24, 2.45) is 5.92 Å². The maximum Gasteiger partial charge on any atom is 0.259 e. The largest absolute Gasteiger partial charge is 0.483 e. The minimum atomic E-state index is -0.266. The van der Waals surface area contributed by atoms with Gasteiger partial charge >= 0.3 is 0 Å². The van der Waals surface area contributed by atoms with Crippen LogP contribution in [0.25, 0.3) is 0 Å². The Morgan fingerprint density at radius 3 is 2.48 bits per heavy atom. The Morgan fingerprint density at radius 1 is 1.00 bits per heavy atom. The molecule has 2 N–H and O–H groups in total. The molecule has 5 nitrogen and oxygen atoms in total. The van der Waals surface area contributed by atoms with Crippen LogP contribution in [0.1, 0.15) is 43.0 Å². The number of ether oxygens (including phenoxy) is 1. The zero-order chi connectivity index (χ0) is 19.1. The SMILES string of the molecule is C[C@@H]1CCCC[C@H]1NC(=O)COc1ccccc1C(=O)Nc1ccccc1. The third-order valence-corrected chi connectivity index (χ3v) is 4.98. The van der Waals surface area contributed by atoms with Gasteiger partial charge in [0, 0.05) is 11.7 Å². The fraction of sp³-hybridized carbons (Fsp3) is 0.364. The van der Waals surface area contributed by atoms with Gasteiger partial charge in [0.2, 0.25) is 0 Å². The van der Waals surface area contributed by atoms with Crippen LogP contribution in [-0.4, -0.2) is 24.5 Å². The molecule has 1 fully saturated rings. The van der Waals surface area contributed by atoms with Gasteiger partial charge < -0.3 is 15.4 Å². The van der Waals surface area contributed by atoms with Crippen molar-refractivity contribution in [1.29, 1.82) is 0 Å². The number of amides is 2. The number of benzene rings is 2. The molecule has 1 aliphatic rings. The van der Waals surface area contributed by atoms with Crippen LogP contribution in [-0.2, 0) is 4.79 Å². The summed E-state index contributed by atoms with van der Waals surface area (Å²) in [7, 11) is 0. The van der Waals surface area contributed by atoms with Gasteiger partial charge in [-0.3, -0.25) is 9.59 Å². The first-order valence-electron chi connectivity index (χ1n) is 9.51. The first-order chi connectivity index (χ1) is 13.1. The van der Waals surface area contributed by atoms with Gasteiger partial charge in [0.1, 0.15) is 5.75 Å². The second-order valence-corrected chi connectivity index (χ2v) is 7.04. The molecular weight excluding hydrogens is 340 g/mol. The fourth-order valence-corrected chi connectivity index (χ4v) is 3.42. The topological polar surface area (TPSA) is 67.4 Å². The predicted octanol–water partition coefficient (Wildman–Crippen LogP) is 4.01. The Kier molecular flexibility index (Phi) is 6.47. The summed E-state index contributed by atoms with van der Waals surface area (Å²) >= 11 is 0. The van der Waals surface area contributed by atoms with Crippen LogP contribution in [0.15, 0.2) is 54.6 Å². The second kappa shape index (κ2) is 9.21. The Hall–Kier alpha value is -2.82. The lowest BCUT2D eigenvalue weighted by molar-refractivity contribution is -0.124. The van der Waals surface area contributed by atoms with Crippen LogP contribution < -0.4 is 15.4 Å². The molecule has 27 heavy (non-hydrogen) atoms. The van der Waals surface area contributed by atoms with E-state index in [0.29, 0.717) is 22.9 Å². The van der Waals surface area contributed by atoms with E-state index in [1.807, 2.05) is 30.3 Å². The number of hydrogen-bond acceptors (Lipinski definition) is 3. The van der Waals surface area contributed by atoms with Crippen molar-refractivity contribution in [1.82, 2.24) is 5.32 Å². The number of hydrogen-bond donors (Lipinski definition) is 2. The molecule has 0 bridgehead atoms. The highest BCUT2D eigenvalue weighted by Gasteiger charge is 2.23. The molecule has 0 aromatic heterocycles. The van der Waals surface area contributed by atoms with Crippen LogP contribution in [0.5, 0.6) is 5.75 Å². The first kappa shape index (κ1) is 19.0. The van der Waals surface area contributed by atoms with E-state index in [9.17, 15) is 9.59 Å². The molecule has 0 heterocycles. The minimum absolute atomic E-state index is 0.0984. The summed E-state index contributed by atoms with van der Waals surface area (Å²) in [6.45, 7) is 2.08. The van der Waals surface area contributed by atoms with Crippen molar-refractivity contribution in [3.63, 3.8) is 0 Å². The Bertz CT molecular complexity index is 776. The van der Waals surface area contributed by atoms with E-state index in [1.165, 1.54) is 6.42 Å². The summed E-state index contributed by atoms with van der Waals surface area (Å²) in [6.07, 6.45) is 4.55. The van der Waals surface area contributed by atoms with Crippen LogP contribution in [0, 0.1) is 5.92 Å². The Morgan fingerprint density at radius 2 is 1.70 bits per heavy atom. The highest BCUT2D eigenvalue weighted by molar-refractivity contribution is 6.06. The third kappa shape index (κ3) is 5.33. The van der Waals surface area contributed by atoms with Crippen molar-refractivity contribution in [2.45, 2.75) is 38.6 Å². The molecule has 0 unspecified atom stereocenters. The monoisotopic (exact) mass is 366 g/mol. The van der Waals surface area contributed by atoms with Crippen LogP contribution >= 0.6 is 0 Å². The minimum Gasteiger partial charge on any atom is -0.483 e. The molecule has 1 aliphatic carbocycles. The van der Waals surface area contributed by atoms with Gasteiger partial charge in [-0.15, -0.1) is 0 Å². The van der Waals surface area contributed by atoms with E-state index in [2.05, 4.69) is 17.6 Å². The lowest BCUT2D eigenvalue weighted by Crippen LogP contribution is -2.43. The van der Waals surface area contributed by atoms with Gasteiger partial charge in [-0.25, -0.2) is 0 Å². The highest BCUT2D eigenvalue weighted by atomic mass is 16.5. The summed E-state index contributed by atoms with van der Waals surface area (Å²) in [5, 5.41) is 5.90. The van der Waals surface area contributed by atoms with Crippen LogP contribution in [0.2, 0.25) is 0 Å². The molecule has 1 saturated carbocycles. The molecule has 2 amide bonds. The molecule has 0 spiro atoms. The number of para-hydroxylation sites is 2. The summed E-state index contributed by atoms with van der Waals surface area (Å²) in [5.74, 6) is 0.481. The van der Waals surface area contributed by atoms with Gasteiger partial charge in [-0.05, 0) is 43.0 Å². The van der Waals surface area contributed by atoms with Crippen molar-refractivity contribution in [3.05, 3.63) is 60.2 Å². The van der Waals surface area contributed by atoms with Crippen molar-refractivity contribution >= 4 is 17.5 Å². The van der Waals surface area contributed by atoms with Crippen LogP contribution in [0.4, 0.5) is 5.69 Å². The number of carbonyl (C=O) groups excluding carboxylic acids is 2. The van der Waals surface area contributed by atoms with Gasteiger partial charge in [0.05, 0.1) is 5.56 Å². The molecule has 0 saturated heterocycles. The third-order valence-electron chi connectivity index (χ3n) is 4.98. The second-order valence-electron chi connectivity index (χ2n) is 7.04. The summed E-state index contributed by atoms with van der Waals surface area (Å²) in [5.41, 5.74) is 1.11. The average Bonchev–Trinajstić information content (AvgIpc) is 2.69. The number of carbonyl (C=O) groups is 2. The maximum absolute atomic E-state index is 12.5. The summed E-state index contributed by atoms with van der Waals surface area (Å²) in [6, 6.07) is 16.4. The molecule has 2 aromatic carbocycles. The zero-order valence-corrected chi connectivity index (χ0v) is 15.6. The van der Waals surface area contributed by atoms with E-state index in [0.717, 1.165) is 19.3 Å². The smallest absolute Gasteiger partial charge is 0.259 e. The first-order valence-corrected chi connectivity index (χ1v) is 9.51. The van der Waals surface area contributed by atoms with Crippen molar-refractivity contribution < 1.29 is 14.3 Å². The molecule has 2 atom stereocenters. The fourth-order valence-electron chi connectivity index (χ4n) is 3.42. The molecule has 0 radical (unpaired) electrons. The quantitative estimate of drug-likeness (QED) is 0.812. The van der Waals surface area contributed by atoms with Crippen molar-refractivity contribution in [3.8, 4) is 5.75 Å². The van der Waals surface area contributed by atoms with E-state index >= 15 is 0 Å². The molecule has 142 valence electrons. The maximum atomic E-state index is 12.5. The van der Waals surface area contributed by atoms with Crippen molar-refractivity contribution in [2.75, 3.05) is 11.9 Å². The number of anilines is 1. The molecule has 0 aliphatic heterocycles. The lowest BCUT2D eigenvalue weighted by atomic mass is 9.86. The van der Waals surface area contributed by atoms with Gasteiger partial charge in [-0.1, -0.05) is 50.1 Å². The molecular formula is C22H26N2O3. The van der Waals surface area contributed by atoms with E-state index in [-0.39, 0.29) is 24.5 Å². The zero-order valence-electron chi connectivity index (χ0n) is 15.6. The van der Waals surface area contributed by atoms with Gasteiger partial charge in [0.15, 0.2) is 6.61 Å². The predicted molar refractivity (Wildman–Crippen MR) is 106 cm³/mol. The highest BCUT2D eigenvalue weighted by Crippen LogP contribution is 2.24. The Balaban J connectivity index is 1.58. The van der Waals surface area contributed by atoms with E-state index in [4.69, 9.17) is 4.74 Å². The normalized spacial score (nSPS) is 19.1. The standard InChI is InChI=1S/C22H26N2O3/c1-16-9-5-7-13-19(16)24-21(25)15-27-20-14-8-6-12-18(20)22(26)23-17-10-3-2-4-11-17/h2-4,6,8,10-12,14,16,19H,5,7,9,13,15H2,1H3,(H,23,26)(H,24,25)/t16-,19-/m1/s1. The molecule has 3 rings (SSSR count). The lowest BCUT2D eigenvalue weighted by Gasteiger charge is -2.29. The van der Waals surface area contributed by atoms with E-state index < -0.39 is 0 Å². The summed E-state index contributed by atoms with van der Waals surface area (Å²) in [4.78, 5) is 24.8. The van der Waals surface area contributed by atoms with Gasteiger partial charge in [-0.2, -0.15) is 0 Å². The summed E-state index contributed by atoms with van der Waals surface area (Å²) < 4.78 is 5.66. The Labute approximate surface area is 160 Å². The van der Waals surface area contributed by atoms with E-state index in [1.54, 1.807) is 24.3 Å². The molecule has 2 aromatic rings. The number of rotatable bonds is 6. The number of nitrogens with one attached hydrogen (secondary N) is 2. The van der Waals surface area contributed by atoms with Crippen LogP contribution in [0.3, 0.4) is 0 Å².